The molecule has 6 N–H and O–H groups in total. The largest absolute Gasteiger partial charge is 0.369 e. The number of hydrogen-bond donors (Lipinski definition) is 4. The highest BCUT2D eigenvalue weighted by molar-refractivity contribution is 7.89. The van der Waals surface area contributed by atoms with Gasteiger partial charge < -0.3 is 10.7 Å². The number of anilines is 2. The van der Waals surface area contributed by atoms with Crippen molar-refractivity contribution >= 4 is 21.7 Å². The van der Waals surface area contributed by atoms with Crippen molar-refractivity contribution in [2.75, 3.05) is 23.0 Å². The molecule has 0 bridgehead atoms. The summed E-state index contributed by atoms with van der Waals surface area (Å²) in [5.74, 6) is 6.31. The molecule has 1 aromatic rings. The minimum Gasteiger partial charge on any atom is -0.369 e. The van der Waals surface area contributed by atoms with Gasteiger partial charge in [-0.2, -0.15) is 0 Å². The van der Waals surface area contributed by atoms with Crippen LogP contribution in [0.15, 0.2) is 6.33 Å². The van der Waals surface area contributed by atoms with E-state index >= 15 is 0 Å². The normalized spacial score (nSPS) is 11.3. The second kappa shape index (κ2) is 6.47. The summed E-state index contributed by atoms with van der Waals surface area (Å²) in [7, 11) is -3.48. The molecular formula is C9H18N6O2S. The summed E-state index contributed by atoms with van der Waals surface area (Å²) in [6.45, 7) is 2.21. The van der Waals surface area contributed by atoms with Gasteiger partial charge in [0.15, 0.2) is 0 Å². The zero-order valence-electron chi connectivity index (χ0n) is 10.2. The molecule has 0 saturated carbocycles. The molecule has 0 aliphatic rings. The predicted octanol–water partition coefficient (Wildman–Crippen LogP) is -0.585. The standard InChI is InChI=1S/C9H18N6O2S/c1-2-3-7-8(12-4-5-18(11,16)17)13-6-14-9(7)15-10/h6H,2-5,10H2,1H3,(H2,11,16,17)(H2,12,13,14,15). The van der Waals surface area contributed by atoms with Crippen LogP contribution in [-0.2, 0) is 16.4 Å². The molecule has 0 fully saturated rings. The summed E-state index contributed by atoms with van der Waals surface area (Å²) in [6.07, 6.45) is 2.98. The van der Waals surface area contributed by atoms with E-state index in [1.54, 1.807) is 0 Å². The fourth-order valence-electron chi connectivity index (χ4n) is 1.49. The Morgan fingerprint density at radius 3 is 2.56 bits per heavy atom. The van der Waals surface area contributed by atoms with Crippen molar-refractivity contribution in [1.29, 1.82) is 0 Å². The molecule has 102 valence electrons. The maximum atomic E-state index is 10.8. The molecule has 0 radical (unpaired) electrons. The zero-order chi connectivity index (χ0) is 13.6. The molecule has 0 aromatic carbocycles. The molecule has 1 rings (SSSR count). The topological polar surface area (TPSA) is 136 Å². The lowest BCUT2D eigenvalue weighted by Crippen LogP contribution is -2.23. The third kappa shape index (κ3) is 4.43. The molecule has 1 heterocycles. The minimum atomic E-state index is -3.48. The number of aromatic nitrogens is 2. The van der Waals surface area contributed by atoms with Gasteiger partial charge in [-0.3, -0.25) is 0 Å². The Labute approximate surface area is 106 Å². The van der Waals surface area contributed by atoms with Crippen LogP contribution < -0.4 is 21.7 Å². The monoisotopic (exact) mass is 274 g/mol. The summed E-state index contributed by atoms with van der Waals surface area (Å²) < 4.78 is 21.7. The van der Waals surface area contributed by atoms with Crippen molar-refractivity contribution < 1.29 is 8.42 Å². The summed E-state index contributed by atoms with van der Waals surface area (Å²) in [6, 6.07) is 0. The Morgan fingerprint density at radius 1 is 1.33 bits per heavy atom. The van der Waals surface area contributed by atoms with E-state index in [-0.39, 0.29) is 12.3 Å². The van der Waals surface area contributed by atoms with Crippen LogP contribution in [-0.4, -0.2) is 30.7 Å². The number of nitrogens with one attached hydrogen (secondary N) is 2. The smallest absolute Gasteiger partial charge is 0.210 e. The lowest BCUT2D eigenvalue weighted by molar-refractivity contribution is 0.598. The van der Waals surface area contributed by atoms with Gasteiger partial charge in [0.2, 0.25) is 10.0 Å². The first kappa shape index (κ1) is 14.6. The lowest BCUT2D eigenvalue weighted by Gasteiger charge is -2.12. The number of nitrogens with two attached hydrogens (primary N) is 2. The number of hydrazine groups is 1. The van der Waals surface area contributed by atoms with Gasteiger partial charge in [0.05, 0.1) is 5.75 Å². The van der Waals surface area contributed by atoms with Crippen LogP contribution in [0.5, 0.6) is 0 Å². The number of sulfonamides is 1. The number of rotatable bonds is 7. The molecule has 9 heteroatoms. The van der Waals surface area contributed by atoms with E-state index in [1.807, 2.05) is 6.92 Å². The Balaban J connectivity index is 2.81. The lowest BCUT2D eigenvalue weighted by atomic mass is 10.1. The van der Waals surface area contributed by atoms with Gasteiger partial charge in [-0.1, -0.05) is 13.3 Å². The van der Waals surface area contributed by atoms with Gasteiger partial charge in [0.1, 0.15) is 18.0 Å². The summed E-state index contributed by atoms with van der Waals surface area (Å²) in [5.41, 5.74) is 3.32. The molecule has 0 aliphatic heterocycles. The zero-order valence-corrected chi connectivity index (χ0v) is 11.0. The van der Waals surface area contributed by atoms with Crippen LogP contribution in [0.25, 0.3) is 0 Å². The van der Waals surface area contributed by atoms with E-state index in [4.69, 9.17) is 11.0 Å². The van der Waals surface area contributed by atoms with E-state index in [1.165, 1.54) is 6.33 Å². The Hall–Kier alpha value is -1.45. The third-order valence-corrected chi connectivity index (χ3v) is 3.03. The maximum absolute atomic E-state index is 10.8. The van der Waals surface area contributed by atoms with Crippen LogP contribution in [0, 0.1) is 0 Å². The second-order valence-electron chi connectivity index (χ2n) is 3.74. The van der Waals surface area contributed by atoms with Crippen molar-refractivity contribution in [2.45, 2.75) is 19.8 Å². The molecule has 8 nitrogen and oxygen atoms in total. The van der Waals surface area contributed by atoms with Crippen LogP contribution in [0.3, 0.4) is 0 Å². The third-order valence-electron chi connectivity index (χ3n) is 2.26. The van der Waals surface area contributed by atoms with E-state index < -0.39 is 10.0 Å². The van der Waals surface area contributed by atoms with Crippen molar-refractivity contribution in [3.63, 3.8) is 0 Å². The molecular weight excluding hydrogens is 256 g/mol. The Bertz CT molecular complexity index is 490. The van der Waals surface area contributed by atoms with Crippen molar-refractivity contribution in [3.05, 3.63) is 11.9 Å². The first-order chi connectivity index (χ1) is 8.48. The average molecular weight is 274 g/mol. The van der Waals surface area contributed by atoms with E-state index in [0.717, 1.165) is 18.4 Å². The van der Waals surface area contributed by atoms with E-state index in [2.05, 4.69) is 20.7 Å². The number of primary sulfonamides is 1. The molecule has 0 spiro atoms. The van der Waals surface area contributed by atoms with Gasteiger partial charge in [-0.05, 0) is 6.42 Å². The molecule has 0 unspecified atom stereocenters. The predicted molar refractivity (Wildman–Crippen MR) is 70.3 cm³/mol. The van der Waals surface area contributed by atoms with Gasteiger partial charge >= 0.3 is 0 Å². The average Bonchev–Trinajstić information content (AvgIpc) is 2.29. The fraction of sp³-hybridized carbons (Fsp3) is 0.556. The first-order valence-corrected chi connectivity index (χ1v) is 7.24. The quantitative estimate of drug-likeness (QED) is 0.385. The molecule has 0 aliphatic carbocycles. The Morgan fingerprint density at radius 2 is 2.00 bits per heavy atom. The SMILES string of the molecule is CCCc1c(NN)ncnc1NCCS(N)(=O)=O. The molecule has 18 heavy (non-hydrogen) atoms. The summed E-state index contributed by atoms with van der Waals surface area (Å²) in [5, 5.41) is 7.84. The van der Waals surface area contributed by atoms with Crippen molar-refractivity contribution in [1.82, 2.24) is 9.97 Å². The van der Waals surface area contributed by atoms with Gasteiger partial charge in [-0.25, -0.2) is 29.4 Å². The molecule has 0 atom stereocenters. The van der Waals surface area contributed by atoms with Gasteiger partial charge in [0.25, 0.3) is 0 Å². The number of nitrogen functional groups attached to an aromatic ring is 1. The van der Waals surface area contributed by atoms with Gasteiger partial charge in [-0.15, -0.1) is 0 Å². The van der Waals surface area contributed by atoms with Crippen LogP contribution in [0.1, 0.15) is 18.9 Å². The number of hydrogen-bond acceptors (Lipinski definition) is 7. The Kier molecular flexibility index (Phi) is 5.25. The summed E-state index contributed by atoms with van der Waals surface area (Å²) in [4.78, 5) is 8.08. The number of nitrogens with zero attached hydrogens (tertiary/aromatic N) is 2. The highest BCUT2D eigenvalue weighted by Crippen LogP contribution is 2.20. The van der Waals surface area contributed by atoms with Crippen LogP contribution in [0.4, 0.5) is 11.6 Å². The summed E-state index contributed by atoms with van der Waals surface area (Å²) >= 11 is 0. The van der Waals surface area contributed by atoms with Crippen LogP contribution >= 0.6 is 0 Å². The fourth-order valence-corrected chi connectivity index (χ4v) is 1.87. The minimum absolute atomic E-state index is 0.159. The van der Waals surface area contributed by atoms with E-state index in [9.17, 15) is 8.42 Å². The molecule has 1 aromatic heterocycles. The van der Waals surface area contributed by atoms with Crippen molar-refractivity contribution in [2.24, 2.45) is 11.0 Å². The van der Waals surface area contributed by atoms with Crippen molar-refractivity contribution in [3.8, 4) is 0 Å². The highest BCUT2D eigenvalue weighted by Gasteiger charge is 2.10. The first-order valence-electron chi connectivity index (χ1n) is 5.52. The highest BCUT2D eigenvalue weighted by atomic mass is 32.2. The maximum Gasteiger partial charge on any atom is 0.210 e. The second-order valence-corrected chi connectivity index (χ2v) is 5.47. The molecule has 0 saturated heterocycles. The van der Waals surface area contributed by atoms with Gasteiger partial charge in [0, 0.05) is 12.1 Å². The van der Waals surface area contributed by atoms with E-state index in [0.29, 0.717) is 11.6 Å². The molecule has 0 amide bonds. The van der Waals surface area contributed by atoms with Crippen LogP contribution in [0.2, 0.25) is 0 Å².